The Hall–Kier alpha value is -3.41. The summed E-state index contributed by atoms with van der Waals surface area (Å²) >= 11 is 0. The van der Waals surface area contributed by atoms with Crippen molar-refractivity contribution in [3.8, 4) is 0 Å². The van der Waals surface area contributed by atoms with Crippen molar-refractivity contribution >= 4 is 29.0 Å². The molecule has 2 aromatic rings. The Morgan fingerprint density at radius 1 is 0.969 bits per heavy atom. The molecule has 4 rings (SSSR count). The first-order valence-corrected chi connectivity index (χ1v) is 11.2. The normalized spacial score (nSPS) is 17.3. The van der Waals surface area contributed by atoms with Crippen LogP contribution in [0.15, 0.2) is 60.3 Å². The lowest BCUT2D eigenvalue weighted by atomic mass is 9.97. The monoisotopic (exact) mass is 432 g/mol. The molecule has 0 radical (unpaired) electrons. The van der Waals surface area contributed by atoms with Crippen molar-refractivity contribution in [2.75, 3.05) is 24.6 Å². The van der Waals surface area contributed by atoms with E-state index < -0.39 is 5.97 Å². The molecule has 0 unspecified atom stereocenters. The van der Waals surface area contributed by atoms with Gasteiger partial charge in [0.15, 0.2) is 0 Å². The summed E-state index contributed by atoms with van der Waals surface area (Å²) in [5.41, 5.74) is 2.49. The zero-order valence-electron chi connectivity index (χ0n) is 18.5. The van der Waals surface area contributed by atoms with Crippen LogP contribution < -0.4 is 4.90 Å². The van der Waals surface area contributed by atoms with E-state index in [-0.39, 0.29) is 11.8 Å². The molecule has 0 aromatic heterocycles. The summed E-state index contributed by atoms with van der Waals surface area (Å²) in [5.74, 6) is -0.458. The SMILES string of the molecule is CCCOC(=O)c1ccc(N2C(=O)C(c3ccccc3)=C(N3CCC(C)CC3)C2=O)cc1. The van der Waals surface area contributed by atoms with E-state index in [0.717, 1.165) is 37.9 Å². The average Bonchev–Trinajstić information content (AvgIpc) is 3.08. The highest BCUT2D eigenvalue weighted by atomic mass is 16.5. The van der Waals surface area contributed by atoms with Gasteiger partial charge in [0, 0.05) is 13.1 Å². The number of esters is 1. The third-order valence-electron chi connectivity index (χ3n) is 6.02. The van der Waals surface area contributed by atoms with Gasteiger partial charge in [-0.25, -0.2) is 9.69 Å². The van der Waals surface area contributed by atoms with E-state index in [1.165, 1.54) is 4.90 Å². The quantitative estimate of drug-likeness (QED) is 0.504. The molecule has 6 heteroatoms. The number of rotatable bonds is 6. The smallest absolute Gasteiger partial charge is 0.338 e. The molecule has 0 aliphatic carbocycles. The first-order valence-electron chi connectivity index (χ1n) is 11.2. The molecule has 2 aliphatic rings. The van der Waals surface area contributed by atoms with Crippen LogP contribution in [0.25, 0.3) is 5.57 Å². The summed E-state index contributed by atoms with van der Waals surface area (Å²) in [5, 5.41) is 0. The zero-order valence-corrected chi connectivity index (χ0v) is 18.5. The minimum atomic E-state index is -0.413. The Bertz CT molecular complexity index is 1040. The number of carbonyl (C=O) groups excluding carboxylic acids is 3. The van der Waals surface area contributed by atoms with Crippen molar-refractivity contribution in [2.45, 2.75) is 33.1 Å². The van der Waals surface area contributed by atoms with Crippen LogP contribution >= 0.6 is 0 Å². The number of benzene rings is 2. The van der Waals surface area contributed by atoms with Gasteiger partial charge in [-0.15, -0.1) is 0 Å². The number of hydrogen-bond donors (Lipinski definition) is 0. The maximum Gasteiger partial charge on any atom is 0.338 e. The number of anilines is 1. The summed E-state index contributed by atoms with van der Waals surface area (Å²) < 4.78 is 5.16. The molecule has 2 aromatic carbocycles. The molecule has 0 atom stereocenters. The minimum Gasteiger partial charge on any atom is -0.462 e. The molecular weight excluding hydrogens is 404 g/mol. The molecule has 2 amide bonds. The maximum atomic E-state index is 13.6. The van der Waals surface area contributed by atoms with Gasteiger partial charge in [-0.05, 0) is 55.0 Å². The molecule has 0 bridgehead atoms. The maximum absolute atomic E-state index is 13.6. The molecule has 32 heavy (non-hydrogen) atoms. The fourth-order valence-electron chi connectivity index (χ4n) is 4.17. The molecule has 166 valence electrons. The number of likely N-dealkylation sites (tertiary alicyclic amines) is 1. The Morgan fingerprint density at radius 3 is 2.25 bits per heavy atom. The van der Waals surface area contributed by atoms with E-state index in [1.807, 2.05) is 37.3 Å². The zero-order chi connectivity index (χ0) is 22.7. The lowest BCUT2D eigenvalue weighted by molar-refractivity contribution is -0.120. The van der Waals surface area contributed by atoms with Crippen molar-refractivity contribution in [3.63, 3.8) is 0 Å². The molecule has 0 spiro atoms. The van der Waals surface area contributed by atoms with Gasteiger partial charge in [-0.3, -0.25) is 9.59 Å². The standard InChI is InChI=1S/C26H28N2O4/c1-3-17-32-26(31)20-9-11-21(12-10-20)28-24(29)22(19-7-5-4-6-8-19)23(25(28)30)27-15-13-18(2)14-16-27/h4-12,18H,3,13-17H2,1-2H3. The predicted octanol–water partition coefficient (Wildman–Crippen LogP) is 4.27. The molecule has 0 N–H and O–H groups in total. The summed E-state index contributed by atoms with van der Waals surface area (Å²) in [6.45, 7) is 6.00. The number of carbonyl (C=O) groups is 3. The van der Waals surface area contributed by atoms with E-state index in [9.17, 15) is 14.4 Å². The Morgan fingerprint density at radius 2 is 1.62 bits per heavy atom. The van der Waals surface area contributed by atoms with Crippen LogP contribution in [0.5, 0.6) is 0 Å². The fourth-order valence-corrected chi connectivity index (χ4v) is 4.17. The van der Waals surface area contributed by atoms with E-state index in [4.69, 9.17) is 4.74 Å². The molecule has 2 aliphatic heterocycles. The summed E-state index contributed by atoms with van der Waals surface area (Å²) in [6.07, 6.45) is 2.72. The lowest BCUT2D eigenvalue weighted by Gasteiger charge is -2.32. The number of hydrogen-bond acceptors (Lipinski definition) is 5. The van der Waals surface area contributed by atoms with Crippen LogP contribution in [0, 0.1) is 5.92 Å². The highest BCUT2D eigenvalue weighted by Crippen LogP contribution is 2.36. The van der Waals surface area contributed by atoms with Crippen LogP contribution in [0.3, 0.4) is 0 Å². The predicted molar refractivity (Wildman–Crippen MR) is 123 cm³/mol. The molecule has 1 saturated heterocycles. The van der Waals surface area contributed by atoms with E-state index >= 15 is 0 Å². The van der Waals surface area contributed by atoms with Gasteiger partial charge in [-0.2, -0.15) is 0 Å². The second-order valence-corrected chi connectivity index (χ2v) is 8.39. The van der Waals surface area contributed by atoms with Crippen molar-refractivity contribution < 1.29 is 19.1 Å². The number of imide groups is 1. The third kappa shape index (κ3) is 4.17. The van der Waals surface area contributed by atoms with E-state index in [2.05, 4.69) is 11.8 Å². The second kappa shape index (κ2) is 9.39. The third-order valence-corrected chi connectivity index (χ3v) is 6.02. The first-order chi connectivity index (χ1) is 15.5. The van der Waals surface area contributed by atoms with Crippen molar-refractivity contribution in [3.05, 3.63) is 71.4 Å². The minimum absolute atomic E-state index is 0.315. The van der Waals surface area contributed by atoms with Gasteiger partial charge in [0.1, 0.15) is 5.70 Å². The highest BCUT2D eigenvalue weighted by molar-refractivity contribution is 6.45. The van der Waals surface area contributed by atoms with Gasteiger partial charge in [0.05, 0.1) is 23.4 Å². The second-order valence-electron chi connectivity index (χ2n) is 8.39. The average molecular weight is 433 g/mol. The van der Waals surface area contributed by atoms with E-state index in [0.29, 0.717) is 35.0 Å². The molecule has 0 saturated carbocycles. The van der Waals surface area contributed by atoms with Crippen molar-refractivity contribution in [2.24, 2.45) is 5.92 Å². The summed E-state index contributed by atoms with van der Waals surface area (Å²) in [6, 6.07) is 15.8. The first kappa shape index (κ1) is 21.8. The van der Waals surface area contributed by atoms with Crippen LogP contribution in [-0.4, -0.2) is 42.4 Å². The molecular formula is C26H28N2O4. The van der Waals surface area contributed by atoms with Gasteiger partial charge < -0.3 is 9.64 Å². The van der Waals surface area contributed by atoms with Gasteiger partial charge in [-0.1, -0.05) is 44.2 Å². The van der Waals surface area contributed by atoms with Crippen LogP contribution in [0.4, 0.5) is 5.69 Å². The van der Waals surface area contributed by atoms with Crippen molar-refractivity contribution in [1.82, 2.24) is 4.90 Å². The number of amides is 2. The van der Waals surface area contributed by atoms with Gasteiger partial charge in [0.2, 0.25) is 0 Å². The number of piperidine rings is 1. The largest absolute Gasteiger partial charge is 0.462 e. The molecule has 6 nitrogen and oxygen atoms in total. The van der Waals surface area contributed by atoms with Crippen molar-refractivity contribution in [1.29, 1.82) is 0 Å². The number of nitrogens with zero attached hydrogens (tertiary/aromatic N) is 2. The molecule has 1 fully saturated rings. The Labute approximate surface area is 188 Å². The van der Waals surface area contributed by atoms with Gasteiger partial charge >= 0.3 is 5.97 Å². The van der Waals surface area contributed by atoms with Crippen LogP contribution in [0.2, 0.25) is 0 Å². The van der Waals surface area contributed by atoms with E-state index in [1.54, 1.807) is 24.3 Å². The van der Waals surface area contributed by atoms with Crippen LogP contribution in [-0.2, 0) is 14.3 Å². The lowest BCUT2D eigenvalue weighted by Crippen LogP contribution is -2.38. The Balaban J connectivity index is 1.67. The number of ether oxygens (including phenoxy) is 1. The Kier molecular flexibility index (Phi) is 6.40. The topological polar surface area (TPSA) is 66.9 Å². The fraction of sp³-hybridized carbons (Fsp3) is 0.346. The van der Waals surface area contributed by atoms with Crippen LogP contribution in [0.1, 0.15) is 49.0 Å². The molecule has 2 heterocycles. The highest BCUT2D eigenvalue weighted by Gasteiger charge is 2.42. The summed E-state index contributed by atoms with van der Waals surface area (Å²) in [7, 11) is 0. The van der Waals surface area contributed by atoms with Gasteiger partial charge in [0.25, 0.3) is 11.8 Å². The summed E-state index contributed by atoms with van der Waals surface area (Å²) in [4.78, 5) is 42.5.